The van der Waals surface area contributed by atoms with E-state index in [1.807, 2.05) is 36.3 Å². The van der Waals surface area contributed by atoms with E-state index in [0.717, 1.165) is 5.69 Å². The second kappa shape index (κ2) is 6.93. The molecule has 7 nitrogen and oxygen atoms in total. The van der Waals surface area contributed by atoms with E-state index >= 15 is 0 Å². The molecular weight excluding hydrogens is 320 g/mol. The van der Waals surface area contributed by atoms with Crippen molar-refractivity contribution >= 4 is 17.3 Å². The van der Waals surface area contributed by atoms with E-state index in [9.17, 15) is 4.79 Å². The van der Waals surface area contributed by atoms with Crippen molar-refractivity contribution in [2.24, 2.45) is 5.41 Å². The number of benzene rings is 1. The van der Waals surface area contributed by atoms with Crippen molar-refractivity contribution in [2.45, 2.75) is 33.6 Å². The number of hydrogen-bond acceptors (Lipinski definition) is 6. The molecule has 1 saturated heterocycles. The van der Waals surface area contributed by atoms with E-state index in [1.54, 1.807) is 17.7 Å². The molecule has 7 heteroatoms. The molecule has 2 heterocycles. The normalized spacial score (nSPS) is 17.4. The van der Waals surface area contributed by atoms with Crippen LogP contribution in [0, 0.1) is 5.41 Å². The molecule has 1 aliphatic heterocycles. The Kier molecular flexibility index (Phi) is 4.87. The third-order valence-corrected chi connectivity index (χ3v) is 4.17. The van der Waals surface area contributed by atoms with E-state index in [2.05, 4.69) is 24.2 Å². The number of anilines is 2. The van der Waals surface area contributed by atoms with Crippen molar-refractivity contribution in [1.82, 2.24) is 15.0 Å². The molecule has 0 amide bonds. The fraction of sp³-hybridized carbons (Fsp3) is 0.500. The highest BCUT2D eigenvalue weighted by molar-refractivity contribution is 5.95. The standard InChI is InChI=1S/C18H24N4O3/c1-13(23)14-6-5-7-15(8-14)21(4)16-9-22(20-19-16)10-17-24-11-18(2,3)12-25-17/h5-9,17H,10-12H2,1-4H3. The Morgan fingerprint density at radius 3 is 2.76 bits per heavy atom. The number of nitrogens with zero attached hydrogens (tertiary/aromatic N) is 4. The first-order valence-corrected chi connectivity index (χ1v) is 8.32. The number of ketones is 1. The van der Waals surface area contributed by atoms with Gasteiger partial charge in [-0.25, -0.2) is 4.68 Å². The van der Waals surface area contributed by atoms with Crippen LogP contribution in [-0.4, -0.2) is 47.3 Å². The predicted octanol–water partition coefficient (Wildman–Crippen LogP) is 2.65. The second-order valence-electron chi connectivity index (χ2n) is 7.18. The third kappa shape index (κ3) is 4.24. The van der Waals surface area contributed by atoms with Gasteiger partial charge in [0.1, 0.15) is 0 Å². The van der Waals surface area contributed by atoms with Gasteiger partial charge in [0, 0.05) is 23.7 Å². The highest BCUT2D eigenvalue weighted by Crippen LogP contribution is 2.25. The van der Waals surface area contributed by atoms with Gasteiger partial charge in [0.2, 0.25) is 0 Å². The molecule has 0 spiro atoms. The summed E-state index contributed by atoms with van der Waals surface area (Å²) in [5.41, 5.74) is 1.60. The number of carbonyl (C=O) groups excluding carboxylic acids is 1. The molecule has 1 aromatic heterocycles. The van der Waals surface area contributed by atoms with E-state index in [4.69, 9.17) is 9.47 Å². The largest absolute Gasteiger partial charge is 0.350 e. The number of carbonyl (C=O) groups is 1. The van der Waals surface area contributed by atoms with Crippen LogP contribution in [0.1, 0.15) is 31.1 Å². The average molecular weight is 344 g/mol. The lowest BCUT2D eigenvalue weighted by atomic mass is 9.96. The summed E-state index contributed by atoms with van der Waals surface area (Å²) in [5.74, 6) is 0.727. The Hall–Kier alpha value is -2.25. The number of aromatic nitrogens is 3. The SMILES string of the molecule is CC(=O)c1cccc(N(C)c2cn(CC3OCC(C)(C)CO3)nn2)c1. The minimum absolute atomic E-state index is 0.0356. The molecule has 1 aromatic carbocycles. The molecular formula is C18H24N4O3. The molecule has 0 unspecified atom stereocenters. The molecule has 1 aliphatic rings. The molecule has 0 atom stereocenters. The highest BCUT2D eigenvalue weighted by atomic mass is 16.7. The maximum Gasteiger partial charge on any atom is 0.177 e. The van der Waals surface area contributed by atoms with Crippen LogP contribution in [0.2, 0.25) is 0 Å². The predicted molar refractivity (Wildman–Crippen MR) is 94.0 cm³/mol. The Balaban J connectivity index is 1.67. The van der Waals surface area contributed by atoms with Gasteiger partial charge in [0.15, 0.2) is 17.9 Å². The fourth-order valence-electron chi connectivity index (χ4n) is 2.58. The molecule has 0 aliphatic carbocycles. The molecule has 134 valence electrons. The van der Waals surface area contributed by atoms with E-state index in [1.165, 1.54) is 0 Å². The van der Waals surface area contributed by atoms with Gasteiger partial charge < -0.3 is 14.4 Å². The van der Waals surface area contributed by atoms with Crippen molar-refractivity contribution in [3.63, 3.8) is 0 Å². The van der Waals surface area contributed by atoms with Gasteiger partial charge in [0.25, 0.3) is 0 Å². The van der Waals surface area contributed by atoms with Gasteiger partial charge in [-0.3, -0.25) is 4.79 Å². The minimum Gasteiger partial charge on any atom is -0.350 e. The number of ether oxygens (including phenoxy) is 2. The Morgan fingerprint density at radius 2 is 2.08 bits per heavy atom. The first-order chi connectivity index (χ1) is 11.8. The Morgan fingerprint density at radius 1 is 1.36 bits per heavy atom. The van der Waals surface area contributed by atoms with Gasteiger partial charge in [-0.05, 0) is 19.1 Å². The van der Waals surface area contributed by atoms with Crippen molar-refractivity contribution in [2.75, 3.05) is 25.2 Å². The summed E-state index contributed by atoms with van der Waals surface area (Å²) in [7, 11) is 1.89. The van der Waals surface area contributed by atoms with Crippen LogP contribution in [-0.2, 0) is 16.0 Å². The van der Waals surface area contributed by atoms with E-state index < -0.39 is 0 Å². The number of hydrogen-bond donors (Lipinski definition) is 0. The topological polar surface area (TPSA) is 69.5 Å². The molecule has 0 saturated carbocycles. The maximum absolute atomic E-state index is 11.5. The van der Waals surface area contributed by atoms with Gasteiger partial charge in [-0.15, -0.1) is 5.10 Å². The summed E-state index contributed by atoms with van der Waals surface area (Å²) in [4.78, 5) is 13.4. The summed E-state index contributed by atoms with van der Waals surface area (Å²) in [6.07, 6.45) is 1.53. The average Bonchev–Trinajstić information content (AvgIpc) is 3.05. The summed E-state index contributed by atoms with van der Waals surface area (Å²) < 4.78 is 13.2. The minimum atomic E-state index is -0.311. The van der Waals surface area contributed by atoms with Gasteiger partial charge in [-0.2, -0.15) is 0 Å². The molecule has 0 bridgehead atoms. The van der Waals surface area contributed by atoms with Crippen LogP contribution in [0.3, 0.4) is 0 Å². The molecule has 25 heavy (non-hydrogen) atoms. The zero-order chi connectivity index (χ0) is 18.0. The fourth-order valence-corrected chi connectivity index (χ4v) is 2.58. The lowest BCUT2D eigenvalue weighted by molar-refractivity contribution is -0.227. The Labute approximate surface area is 147 Å². The maximum atomic E-state index is 11.5. The van der Waals surface area contributed by atoms with Gasteiger partial charge in [0.05, 0.1) is 26.0 Å². The first kappa shape index (κ1) is 17.6. The Bertz CT molecular complexity index is 746. The second-order valence-corrected chi connectivity index (χ2v) is 7.18. The molecule has 0 N–H and O–H groups in total. The van der Waals surface area contributed by atoms with E-state index in [0.29, 0.717) is 31.1 Å². The molecule has 1 fully saturated rings. The van der Waals surface area contributed by atoms with Crippen LogP contribution < -0.4 is 4.90 Å². The first-order valence-electron chi connectivity index (χ1n) is 8.32. The molecule has 3 rings (SSSR count). The number of rotatable bonds is 5. The van der Waals surface area contributed by atoms with Crippen LogP contribution in [0.25, 0.3) is 0 Å². The van der Waals surface area contributed by atoms with Crippen LogP contribution in [0.15, 0.2) is 30.5 Å². The molecule has 2 aromatic rings. The van der Waals surface area contributed by atoms with Crippen molar-refractivity contribution in [1.29, 1.82) is 0 Å². The van der Waals surface area contributed by atoms with Crippen LogP contribution in [0.5, 0.6) is 0 Å². The van der Waals surface area contributed by atoms with E-state index in [-0.39, 0.29) is 17.5 Å². The monoisotopic (exact) mass is 344 g/mol. The quantitative estimate of drug-likeness (QED) is 0.777. The summed E-state index contributed by atoms with van der Waals surface area (Å²) >= 11 is 0. The van der Waals surface area contributed by atoms with Crippen molar-refractivity contribution in [3.05, 3.63) is 36.0 Å². The smallest absolute Gasteiger partial charge is 0.177 e. The van der Waals surface area contributed by atoms with Crippen LogP contribution >= 0.6 is 0 Å². The van der Waals surface area contributed by atoms with Crippen LogP contribution in [0.4, 0.5) is 11.5 Å². The van der Waals surface area contributed by atoms with Crippen molar-refractivity contribution in [3.8, 4) is 0 Å². The lowest BCUT2D eigenvalue weighted by Crippen LogP contribution is -2.39. The number of Topliss-reactive ketones (excluding diaryl/α,β-unsaturated/α-hetero) is 1. The van der Waals surface area contributed by atoms with Gasteiger partial charge in [-0.1, -0.05) is 31.2 Å². The third-order valence-electron chi connectivity index (χ3n) is 4.17. The lowest BCUT2D eigenvalue weighted by Gasteiger charge is -2.34. The van der Waals surface area contributed by atoms with Gasteiger partial charge >= 0.3 is 0 Å². The highest BCUT2D eigenvalue weighted by Gasteiger charge is 2.28. The summed E-state index contributed by atoms with van der Waals surface area (Å²) in [5, 5.41) is 8.35. The molecule has 0 radical (unpaired) electrons. The zero-order valence-corrected chi connectivity index (χ0v) is 15.1. The summed E-state index contributed by atoms with van der Waals surface area (Å²) in [6.45, 7) is 7.60. The summed E-state index contributed by atoms with van der Waals surface area (Å²) in [6, 6.07) is 7.44. The zero-order valence-electron chi connectivity index (χ0n) is 15.1. The van der Waals surface area contributed by atoms with Crippen molar-refractivity contribution < 1.29 is 14.3 Å².